The predicted octanol–water partition coefficient (Wildman–Crippen LogP) is 3.81. The molecule has 0 aliphatic rings. The summed E-state index contributed by atoms with van der Waals surface area (Å²) in [6.45, 7) is 4.13. The molecule has 0 amide bonds. The van der Waals surface area contributed by atoms with Crippen LogP contribution in [0.15, 0.2) is 24.2 Å². The van der Waals surface area contributed by atoms with E-state index in [1.165, 1.54) is 6.55 Å². The lowest BCUT2D eigenvalue weighted by molar-refractivity contribution is -0.166. The summed E-state index contributed by atoms with van der Waals surface area (Å²) in [4.78, 5) is 10.5. The summed E-state index contributed by atoms with van der Waals surface area (Å²) in [5.41, 5.74) is 0. The van der Waals surface area contributed by atoms with E-state index in [0.29, 0.717) is 0 Å². The molecule has 0 radical (unpaired) electrons. The molecule has 0 aromatic heterocycles. The second-order valence-corrected chi connectivity index (χ2v) is 6.29. The third-order valence-corrected chi connectivity index (χ3v) is 3.73. The summed E-state index contributed by atoms with van der Waals surface area (Å²) >= 11 is 0. The molecule has 0 bridgehead atoms. The molecule has 0 rings (SSSR count). The fourth-order valence-corrected chi connectivity index (χ4v) is 2.49. The van der Waals surface area contributed by atoms with E-state index in [-0.39, 0.29) is 12.5 Å². The van der Waals surface area contributed by atoms with Gasteiger partial charge in [0.2, 0.25) is 9.04 Å². The third kappa shape index (κ3) is 7.31. The minimum absolute atomic E-state index is 0.0943. The van der Waals surface area contributed by atoms with Crippen LogP contribution >= 0.6 is 0 Å². The summed E-state index contributed by atoms with van der Waals surface area (Å²) in [5.74, 6) is -5.44. The molecule has 116 valence electrons. The fraction of sp³-hybridized carbons (Fsp3) is 0.500. The van der Waals surface area contributed by atoms with Gasteiger partial charge in [0.25, 0.3) is 5.78 Å². The highest BCUT2D eigenvalue weighted by atomic mass is 28.3. The van der Waals surface area contributed by atoms with Gasteiger partial charge in [0.05, 0.1) is 5.83 Å². The van der Waals surface area contributed by atoms with Gasteiger partial charge in [-0.05, 0) is 19.0 Å². The average Bonchev–Trinajstić information content (AvgIpc) is 2.22. The Kier molecular flexibility index (Phi) is 6.45. The van der Waals surface area contributed by atoms with Crippen LogP contribution in [-0.4, -0.2) is 27.2 Å². The molecule has 0 heterocycles. The van der Waals surface area contributed by atoms with Crippen molar-refractivity contribution >= 4 is 14.8 Å². The van der Waals surface area contributed by atoms with E-state index in [2.05, 4.69) is 11.0 Å². The van der Waals surface area contributed by atoms with Crippen molar-refractivity contribution in [3.63, 3.8) is 0 Å². The zero-order valence-corrected chi connectivity index (χ0v) is 11.4. The molecule has 0 fully saturated rings. The number of rotatable bonds is 6. The number of carbonyl (C=O) groups is 1. The van der Waals surface area contributed by atoms with Crippen molar-refractivity contribution in [1.29, 1.82) is 0 Å². The highest BCUT2D eigenvalue weighted by Crippen LogP contribution is 2.29. The SMILES string of the molecule is C=C(F)CC[SiH](C)OC(=CC(=O)C(F)(F)F)C(F)(F)F. The topological polar surface area (TPSA) is 26.3 Å². The van der Waals surface area contributed by atoms with Crippen molar-refractivity contribution < 1.29 is 40.0 Å². The van der Waals surface area contributed by atoms with Crippen molar-refractivity contribution in [3.8, 4) is 0 Å². The highest BCUT2D eigenvalue weighted by Gasteiger charge is 2.42. The van der Waals surface area contributed by atoms with Crippen LogP contribution in [0.25, 0.3) is 0 Å². The first-order valence-electron chi connectivity index (χ1n) is 5.24. The quantitative estimate of drug-likeness (QED) is 0.321. The van der Waals surface area contributed by atoms with Gasteiger partial charge in [-0.15, -0.1) is 0 Å². The van der Waals surface area contributed by atoms with Gasteiger partial charge in [0, 0.05) is 6.08 Å². The molecule has 2 nitrogen and oxygen atoms in total. The van der Waals surface area contributed by atoms with Crippen molar-refractivity contribution in [3.05, 3.63) is 24.2 Å². The van der Waals surface area contributed by atoms with Gasteiger partial charge in [-0.25, -0.2) is 4.39 Å². The van der Waals surface area contributed by atoms with E-state index in [9.17, 15) is 35.5 Å². The number of allylic oxidation sites excluding steroid dienone is 3. The minimum atomic E-state index is -5.42. The standard InChI is InChI=1S/C10H11F7O2Si/c1-6(11)3-4-20(2)19-8(10(15,16)17)5-7(18)9(12,13)14/h5,20H,1,3-4H2,2H3. The Bertz CT molecular complexity index is 397. The van der Waals surface area contributed by atoms with Crippen LogP contribution in [0.4, 0.5) is 30.7 Å². The smallest absolute Gasteiger partial charge is 0.454 e. The van der Waals surface area contributed by atoms with Crippen LogP contribution in [0.3, 0.4) is 0 Å². The molecule has 0 saturated heterocycles. The lowest BCUT2D eigenvalue weighted by atomic mass is 10.3. The number of hydrogen-bond acceptors (Lipinski definition) is 2. The van der Waals surface area contributed by atoms with Crippen LogP contribution in [-0.2, 0) is 9.22 Å². The lowest BCUT2D eigenvalue weighted by Crippen LogP contribution is -2.27. The number of halogens is 7. The van der Waals surface area contributed by atoms with Crippen molar-refractivity contribution in [2.45, 2.75) is 31.4 Å². The number of hydrogen-bond donors (Lipinski definition) is 0. The molecule has 1 atom stereocenters. The van der Waals surface area contributed by atoms with Gasteiger partial charge in [0.15, 0.2) is 5.76 Å². The zero-order valence-electron chi connectivity index (χ0n) is 10.2. The molecule has 0 N–H and O–H groups in total. The second-order valence-electron chi connectivity index (χ2n) is 3.85. The molecular formula is C10H11F7O2Si. The van der Waals surface area contributed by atoms with Crippen LogP contribution < -0.4 is 0 Å². The van der Waals surface area contributed by atoms with Crippen molar-refractivity contribution in [1.82, 2.24) is 0 Å². The van der Waals surface area contributed by atoms with E-state index in [1.807, 2.05) is 0 Å². The Morgan fingerprint density at radius 3 is 2.05 bits per heavy atom. The second kappa shape index (κ2) is 6.91. The number of carbonyl (C=O) groups excluding carboxylic acids is 1. The predicted molar refractivity (Wildman–Crippen MR) is 59.0 cm³/mol. The first-order valence-corrected chi connectivity index (χ1v) is 7.68. The molecule has 10 heteroatoms. The molecule has 20 heavy (non-hydrogen) atoms. The number of ketones is 1. The molecule has 0 aliphatic heterocycles. The van der Waals surface area contributed by atoms with Crippen LogP contribution in [0, 0.1) is 0 Å². The molecule has 0 aromatic rings. The largest absolute Gasteiger partial charge is 0.543 e. The molecular weight excluding hydrogens is 313 g/mol. The average molecular weight is 324 g/mol. The van der Waals surface area contributed by atoms with E-state index in [1.54, 1.807) is 0 Å². The van der Waals surface area contributed by atoms with Gasteiger partial charge in [0.1, 0.15) is 0 Å². The van der Waals surface area contributed by atoms with Gasteiger partial charge in [-0.3, -0.25) is 4.79 Å². The Labute approximate surface area is 111 Å². The van der Waals surface area contributed by atoms with E-state index in [0.717, 1.165) is 0 Å². The summed E-state index contributed by atoms with van der Waals surface area (Å²) in [7, 11) is -2.64. The highest BCUT2D eigenvalue weighted by molar-refractivity contribution is 6.50. The summed E-state index contributed by atoms with van der Waals surface area (Å²) in [5, 5.41) is 0. The van der Waals surface area contributed by atoms with Crippen LogP contribution in [0.5, 0.6) is 0 Å². The van der Waals surface area contributed by atoms with Crippen LogP contribution in [0.1, 0.15) is 6.42 Å². The van der Waals surface area contributed by atoms with Gasteiger partial charge in [-0.2, -0.15) is 26.3 Å². The normalized spacial score (nSPS) is 14.9. The third-order valence-electron chi connectivity index (χ3n) is 1.97. The molecule has 1 unspecified atom stereocenters. The Morgan fingerprint density at radius 1 is 1.20 bits per heavy atom. The maximum Gasteiger partial charge on any atom is 0.454 e. The Balaban J connectivity index is 4.97. The van der Waals surface area contributed by atoms with Gasteiger partial charge in [-0.1, -0.05) is 6.58 Å². The van der Waals surface area contributed by atoms with Gasteiger partial charge < -0.3 is 4.43 Å². The fourth-order valence-electron chi connectivity index (χ4n) is 1.02. The molecule has 0 saturated carbocycles. The maximum absolute atomic E-state index is 12.4. The monoisotopic (exact) mass is 324 g/mol. The summed E-state index contributed by atoms with van der Waals surface area (Å²) < 4.78 is 89.8. The first-order chi connectivity index (χ1) is 8.84. The molecule has 0 aromatic carbocycles. The lowest BCUT2D eigenvalue weighted by Gasteiger charge is -2.18. The van der Waals surface area contributed by atoms with E-state index in [4.69, 9.17) is 0 Å². The van der Waals surface area contributed by atoms with Crippen molar-refractivity contribution in [2.75, 3.05) is 0 Å². The van der Waals surface area contributed by atoms with Gasteiger partial charge >= 0.3 is 12.4 Å². The van der Waals surface area contributed by atoms with E-state index < -0.39 is 44.8 Å². The van der Waals surface area contributed by atoms with Crippen molar-refractivity contribution in [2.24, 2.45) is 0 Å². The zero-order chi connectivity index (χ0) is 16.1. The van der Waals surface area contributed by atoms with Crippen LogP contribution in [0.2, 0.25) is 12.6 Å². The first kappa shape index (κ1) is 18.7. The molecule has 0 spiro atoms. The Morgan fingerprint density at radius 2 is 1.70 bits per heavy atom. The number of alkyl halides is 6. The summed E-state index contributed by atoms with van der Waals surface area (Å²) in [6, 6.07) is -0.0943. The minimum Gasteiger partial charge on any atom is -0.543 e. The maximum atomic E-state index is 12.4. The summed E-state index contributed by atoms with van der Waals surface area (Å²) in [6.07, 6.45) is -11.5. The Hall–Kier alpha value is -1.32. The molecule has 0 aliphatic carbocycles. The van der Waals surface area contributed by atoms with E-state index >= 15 is 0 Å².